The number of anilines is 1. The topological polar surface area (TPSA) is 36.4 Å². The first-order chi connectivity index (χ1) is 12.4. The lowest BCUT2D eigenvalue weighted by molar-refractivity contribution is 0.0986. The fraction of sp³-hybridized carbons (Fsp3) is 0.300. The molecule has 7 heteroatoms. The molecule has 4 nitrogen and oxygen atoms in total. The van der Waals surface area contributed by atoms with Crippen molar-refractivity contribution in [3.63, 3.8) is 0 Å². The van der Waals surface area contributed by atoms with E-state index in [1.807, 2.05) is 63.5 Å². The predicted molar refractivity (Wildman–Crippen MR) is 118 cm³/mol. The number of aromatic nitrogens is 1. The SMILES string of the molecule is Cc1cccc(C(=O)N(CCCN(C)C)c2nc3ccc(Cl)cc3s2)c1.Cl. The number of thiazole rings is 1. The molecular formula is C20H23Cl2N3OS. The summed E-state index contributed by atoms with van der Waals surface area (Å²) in [7, 11) is 4.07. The normalized spacial score (nSPS) is 10.9. The molecule has 0 aliphatic rings. The highest BCUT2D eigenvalue weighted by molar-refractivity contribution is 7.22. The van der Waals surface area contributed by atoms with Crippen molar-refractivity contribution >= 4 is 56.6 Å². The van der Waals surface area contributed by atoms with Gasteiger partial charge in [0.1, 0.15) is 0 Å². The molecule has 144 valence electrons. The highest BCUT2D eigenvalue weighted by Gasteiger charge is 2.21. The second kappa shape index (κ2) is 9.51. The summed E-state index contributed by atoms with van der Waals surface area (Å²) in [5, 5.41) is 1.39. The number of benzene rings is 2. The maximum atomic E-state index is 13.2. The van der Waals surface area contributed by atoms with Crippen LogP contribution in [-0.4, -0.2) is 43.0 Å². The number of halogens is 2. The number of aryl methyl sites for hydroxylation is 1. The van der Waals surface area contributed by atoms with E-state index in [2.05, 4.69) is 9.88 Å². The zero-order valence-electron chi connectivity index (χ0n) is 15.6. The van der Waals surface area contributed by atoms with Gasteiger partial charge in [-0.2, -0.15) is 0 Å². The fourth-order valence-corrected chi connectivity index (χ4v) is 4.03. The molecule has 0 spiro atoms. The molecule has 3 rings (SSSR count). The van der Waals surface area contributed by atoms with Crippen LogP contribution in [0, 0.1) is 6.92 Å². The van der Waals surface area contributed by atoms with Crippen LogP contribution in [0.4, 0.5) is 5.13 Å². The molecule has 0 radical (unpaired) electrons. The highest BCUT2D eigenvalue weighted by Crippen LogP contribution is 2.31. The van der Waals surface area contributed by atoms with Crippen LogP contribution in [0.5, 0.6) is 0 Å². The van der Waals surface area contributed by atoms with Gasteiger partial charge in [0.15, 0.2) is 5.13 Å². The number of rotatable bonds is 6. The molecule has 1 amide bonds. The summed E-state index contributed by atoms with van der Waals surface area (Å²) >= 11 is 7.60. The largest absolute Gasteiger partial charge is 0.309 e. The van der Waals surface area contributed by atoms with Gasteiger partial charge in [-0.1, -0.05) is 40.6 Å². The molecule has 0 bridgehead atoms. The Morgan fingerprint density at radius 3 is 2.63 bits per heavy atom. The van der Waals surface area contributed by atoms with Gasteiger partial charge in [0, 0.05) is 17.1 Å². The van der Waals surface area contributed by atoms with Crippen LogP contribution in [-0.2, 0) is 0 Å². The third kappa shape index (κ3) is 5.42. The molecule has 2 aromatic carbocycles. The summed E-state index contributed by atoms with van der Waals surface area (Å²) in [4.78, 5) is 21.7. The van der Waals surface area contributed by atoms with Gasteiger partial charge in [-0.05, 0) is 64.3 Å². The van der Waals surface area contributed by atoms with Crippen LogP contribution in [0.25, 0.3) is 10.2 Å². The Hall–Kier alpha value is -1.66. The van der Waals surface area contributed by atoms with Crippen molar-refractivity contribution in [3.8, 4) is 0 Å². The number of amides is 1. The molecule has 0 N–H and O–H groups in total. The average Bonchev–Trinajstić information content (AvgIpc) is 3.00. The van der Waals surface area contributed by atoms with E-state index in [-0.39, 0.29) is 18.3 Å². The minimum atomic E-state index is -0.0161. The molecule has 0 saturated heterocycles. The molecular weight excluding hydrogens is 401 g/mol. The minimum Gasteiger partial charge on any atom is -0.309 e. The van der Waals surface area contributed by atoms with Gasteiger partial charge in [0.25, 0.3) is 5.91 Å². The van der Waals surface area contributed by atoms with Crippen molar-refractivity contribution in [2.75, 3.05) is 32.1 Å². The van der Waals surface area contributed by atoms with Crippen LogP contribution < -0.4 is 4.90 Å². The van der Waals surface area contributed by atoms with E-state index in [1.54, 1.807) is 4.90 Å². The number of carbonyl (C=O) groups is 1. The summed E-state index contributed by atoms with van der Waals surface area (Å²) in [5.41, 5.74) is 2.62. The van der Waals surface area contributed by atoms with E-state index in [9.17, 15) is 4.79 Å². The number of hydrogen-bond acceptors (Lipinski definition) is 4. The van der Waals surface area contributed by atoms with Crippen LogP contribution >= 0.6 is 35.3 Å². The highest BCUT2D eigenvalue weighted by atomic mass is 35.5. The van der Waals surface area contributed by atoms with Gasteiger partial charge < -0.3 is 4.90 Å². The smallest absolute Gasteiger partial charge is 0.260 e. The van der Waals surface area contributed by atoms with Gasteiger partial charge in [-0.15, -0.1) is 12.4 Å². The quantitative estimate of drug-likeness (QED) is 0.540. The molecule has 3 aromatic rings. The predicted octanol–water partition coefficient (Wildman–Crippen LogP) is 5.28. The van der Waals surface area contributed by atoms with E-state index in [4.69, 9.17) is 11.6 Å². The van der Waals surface area contributed by atoms with Crippen molar-refractivity contribution in [1.29, 1.82) is 0 Å². The first-order valence-electron chi connectivity index (χ1n) is 8.53. The van der Waals surface area contributed by atoms with Gasteiger partial charge >= 0.3 is 0 Å². The molecule has 0 aliphatic heterocycles. The average molecular weight is 424 g/mol. The lowest BCUT2D eigenvalue weighted by atomic mass is 10.1. The van der Waals surface area contributed by atoms with E-state index < -0.39 is 0 Å². The Labute approximate surface area is 175 Å². The minimum absolute atomic E-state index is 0. The maximum absolute atomic E-state index is 13.2. The summed E-state index contributed by atoms with van der Waals surface area (Å²) in [6, 6.07) is 13.3. The van der Waals surface area contributed by atoms with Crippen LogP contribution in [0.15, 0.2) is 42.5 Å². The second-order valence-electron chi connectivity index (χ2n) is 6.59. The van der Waals surface area contributed by atoms with E-state index in [1.165, 1.54) is 11.3 Å². The van der Waals surface area contributed by atoms with Crippen molar-refractivity contribution < 1.29 is 4.79 Å². The number of nitrogens with zero attached hydrogens (tertiary/aromatic N) is 3. The molecule has 0 saturated carbocycles. The van der Waals surface area contributed by atoms with Gasteiger partial charge in [-0.25, -0.2) is 4.98 Å². The van der Waals surface area contributed by atoms with Crippen molar-refractivity contribution in [2.45, 2.75) is 13.3 Å². The van der Waals surface area contributed by atoms with Gasteiger partial charge in [-0.3, -0.25) is 9.69 Å². The third-order valence-corrected chi connectivity index (χ3v) is 5.34. The molecule has 0 atom stereocenters. The zero-order chi connectivity index (χ0) is 18.7. The first kappa shape index (κ1) is 21.6. The second-order valence-corrected chi connectivity index (χ2v) is 8.04. The Bertz CT molecular complexity index is 926. The lowest BCUT2D eigenvalue weighted by Gasteiger charge is -2.21. The molecule has 1 aromatic heterocycles. The standard InChI is InChI=1S/C20H22ClN3OS.ClH/c1-14-6-4-7-15(12-14)19(25)24(11-5-10-23(2)3)20-22-17-9-8-16(21)13-18(17)26-20;/h4,6-9,12-13H,5,10-11H2,1-3H3;1H. The zero-order valence-corrected chi connectivity index (χ0v) is 18.0. The molecule has 0 fully saturated rings. The van der Waals surface area contributed by atoms with Gasteiger partial charge in [0.2, 0.25) is 0 Å². The Morgan fingerprint density at radius 1 is 1.15 bits per heavy atom. The molecule has 0 aliphatic carbocycles. The molecule has 27 heavy (non-hydrogen) atoms. The van der Waals surface area contributed by atoms with Crippen LogP contribution in [0.2, 0.25) is 5.02 Å². The van der Waals surface area contributed by atoms with E-state index in [0.29, 0.717) is 22.3 Å². The van der Waals surface area contributed by atoms with Crippen LogP contribution in [0.3, 0.4) is 0 Å². The van der Waals surface area contributed by atoms with E-state index >= 15 is 0 Å². The Balaban J connectivity index is 0.00000261. The van der Waals surface area contributed by atoms with Crippen molar-refractivity contribution in [1.82, 2.24) is 9.88 Å². The Morgan fingerprint density at radius 2 is 1.93 bits per heavy atom. The molecule has 0 unspecified atom stereocenters. The number of carbonyl (C=O) groups excluding carboxylic acids is 1. The summed E-state index contributed by atoms with van der Waals surface area (Å²) in [6.07, 6.45) is 0.876. The summed E-state index contributed by atoms with van der Waals surface area (Å²) in [6.45, 7) is 3.53. The number of fused-ring (bicyclic) bond motifs is 1. The monoisotopic (exact) mass is 423 g/mol. The molecule has 1 heterocycles. The first-order valence-corrected chi connectivity index (χ1v) is 9.73. The summed E-state index contributed by atoms with van der Waals surface area (Å²) < 4.78 is 0.988. The van der Waals surface area contributed by atoms with E-state index in [0.717, 1.165) is 28.7 Å². The maximum Gasteiger partial charge on any atom is 0.260 e. The Kier molecular flexibility index (Phi) is 7.62. The third-order valence-electron chi connectivity index (χ3n) is 4.07. The van der Waals surface area contributed by atoms with Crippen molar-refractivity contribution in [2.24, 2.45) is 0 Å². The van der Waals surface area contributed by atoms with Gasteiger partial charge in [0.05, 0.1) is 10.2 Å². The van der Waals surface area contributed by atoms with Crippen LogP contribution in [0.1, 0.15) is 22.3 Å². The summed E-state index contributed by atoms with van der Waals surface area (Å²) in [5.74, 6) is -0.0161. The fourth-order valence-electron chi connectivity index (χ4n) is 2.76. The van der Waals surface area contributed by atoms with Crippen molar-refractivity contribution in [3.05, 3.63) is 58.6 Å². The number of hydrogen-bond donors (Lipinski definition) is 0. The lowest BCUT2D eigenvalue weighted by Crippen LogP contribution is -2.33.